The average Bonchev–Trinajstić information content (AvgIpc) is 3.27. The minimum atomic E-state index is -0.585. The molecule has 37 heavy (non-hydrogen) atoms. The van der Waals surface area contributed by atoms with Gasteiger partial charge in [-0.25, -0.2) is 14.2 Å². The number of anilines is 2. The van der Waals surface area contributed by atoms with Crippen molar-refractivity contribution in [2.24, 2.45) is 0 Å². The molecule has 0 radical (unpaired) electrons. The van der Waals surface area contributed by atoms with Crippen molar-refractivity contribution in [3.05, 3.63) is 71.7 Å². The van der Waals surface area contributed by atoms with Gasteiger partial charge < -0.3 is 20.7 Å². The Morgan fingerprint density at radius 1 is 1.22 bits per heavy atom. The molecule has 190 valence electrons. The summed E-state index contributed by atoms with van der Waals surface area (Å²) in [6.07, 6.45) is 3.55. The first kappa shape index (κ1) is 23.7. The lowest BCUT2D eigenvalue weighted by Crippen LogP contribution is -2.52. The van der Waals surface area contributed by atoms with E-state index in [1.54, 1.807) is 37.4 Å². The van der Waals surface area contributed by atoms with E-state index in [9.17, 15) is 9.59 Å². The third kappa shape index (κ3) is 4.40. The molecule has 6 rings (SSSR count). The average molecular weight is 520 g/mol. The van der Waals surface area contributed by atoms with Gasteiger partial charge in [-0.3, -0.25) is 9.69 Å². The maximum absolute atomic E-state index is 15.2. The number of halogens is 1. The molecule has 0 bridgehead atoms. The summed E-state index contributed by atoms with van der Waals surface area (Å²) in [5.74, 6) is -0.111. The Morgan fingerprint density at radius 2 is 2.05 bits per heavy atom. The van der Waals surface area contributed by atoms with Crippen molar-refractivity contribution in [3.8, 4) is 11.5 Å². The Balaban J connectivity index is 1.30. The highest BCUT2D eigenvalue weighted by atomic mass is 32.2. The van der Waals surface area contributed by atoms with E-state index in [0.717, 1.165) is 31.5 Å². The van der Waals surface area contributed by atoms with Crippen LogP contribution in [0.25, 0.3) is 0 Å². The van der Waals surface area contributed by atoms with Gasteiger partial charge in [0.1, 0.15) is 16.0 Å². The maximum atomic E-state index is 15.2. The Labute approximate surface area is 218 Å². The summed E-state index contributed by atoms with van der Waals surface area (Å²) < 4.78 is 20.9. The maximum Gasteiger partial charge on any atom is 0.327 e. The van der Waals surface area contributed by atoms with Crippen molar-refractivity contribution in [3.63, 3.8) is 0 Å². The molecule has 10 heteroatoms. The zero-order chi connectivity index (χ0) is 25.5. The zero-order valence-corrected chi connectivity index (χ0v) is 21.0. The second kappa shape index (κ2) is 9.68. The molecule has 2 unspecified atom stereocenters. The number of nitrogens with zero attached hydrogens (tertiary/aromatic N) is 2. The van der Waals surface area contributed by atoms with E-state index in [1.807, 2.05) is 18.2 Å². The lowest BCUT2D eigenvalue weighted by Gasteiger charge is -2.35. The quantitative estimate of drug-likeness (QED) is 0.457. The minimum absolute atomic E-state index is 0.0658. The van der Waals surface area contributed by atoms with Crippen LogP contribution in [0.2, 0.25) is 0 Å². The van der Waals surface area contributed by atoms with E-state index in [-0.39, 0.29) is 17.7 Å². The van der Waals surface area contributed by atoms with E-state index in [4.69, 9.17) is 4.74 Å². The predicted octanol–water partition coefficient (Wildman–Crippen LogP) is 4.57. The summed E-state index contributed by atoms with van der Waals surface area (Å²) >= 11 is 1.35. The van der Waals surface area contributed by atoms with Crippen molar-refractivity contribution >= 4 is 35.1 Å². The Morgan fingerprint density at radius 3 is 2.84 bits per heavy atom. The molecule has 8 nitrogen and oxygen atoms in total. The number of aryl methyl sites for hydroxylation is 1. The number of carbonyl (C=O) groups is 2. The first-order chi connectivity index (χ1) is 18.0. The van der Waals surface area contributed by atoms with Crippen molar-refractivity contribution in [1.82, 2.24) is 20.9 Å². The van der Waals surface area contributed by atoms with Crippen LogP contribution in [-0.4, -0.2) is 41.3 Å². The second-order valence-electron chi connectivity index (χ2n) is 9.39. The van der Waals surface area contributed by atoms with Crippen LogP contribution in [0.4, 0.5) is 20.6 Å². The van der Waals surface area contributed by atoms with Crippen LogP contribution in [0.5, 0.6) is 11.5 Å². The number of hydrogen-bond donors (Lipinski definition) is 3. The van der Waals surface area contributed by atoms with Crippen LogP contribution in [0.1, 0.15) is 30.0 Å². The number of hydrogen-bond acceptors (Lipinski definition) is 6. The molecule has 3 aromatic rings. The number of benzene rings is 2. The first-order valence-electron chi connectivity index (χ1n) is 12.3. The molecule has 1 aromatic heterocycles. The lowest BCUT2D eigenvalue weighted by molar-refractivity contribution is -0.121. The SMILES string of the molecule is Cc1cc(Oc2ccccc2)c(F)cc1N1C(=O)NC2c3c1ccnc3S[C@H]2C(=O)NC1CCCNC1. The fourth-order valence-corrected chi connectivity index (χ4v) is 6.34. The van der Waals surface area contributed by atoms with Gasteiger partial charge in [0.25, 0.3) is 0 Å². The molecule has 3 amide bonds. The van der Waals surface area contributed by atoms with Crippen molar-refractivity contribution in [2.45, 2.75) is 42.1 Å². The molecule has 0 aliphatic carbocycles. The highest BCUT2D eigenvalue weighted by Crippen LogP contribution is 2.51. The standard InChI is InChI=1S/C27H26FN5O3S/c1-15-12-21(36-17-7-3-2-4-8-17)18(28)13-20(15)33-19-9-11-30-26-22(19)23(32-27(33)35)24(37-26)25(34)31-16-6-5-10-29-14-16/h2-4,7-9,11-13,16,23-24,29H,5-6,10,14H2,1H3,(H,31,34)(H,32,35)/t16?,23?,24-/m1/s1. The van der Waals surface area contributed by atoms with Gasteiger partial charge in [0.05, 0.1) is 17.4 Å². The number of amides is 3. The summed E-state index contributed by atoms with van der Waals surface area (Å²) in [5, 5.41) is 9.58. The molecule has 3 aliphatic rings. The second-order valence-corrected chi connectivity index (χ2v) is 10.5. The monoisotopic (exact) mass is 519 g/mol. The Kier molecular flexibility index (Phi) is 6.21. The summed E-state index contributed by atoms with van der Waals surface area (Å²) in [6, 6.07) is 12.7. The van der Waals surface area contributed by atoms with Gasteiger partial charge >= 0.3 is 6.03 Å². The third-order valence-corrected chi connectivity index (χ3v) is 8.16. The normalized spacial score (nSPS) is 22.3. The Hall–Kier alpha value is -3.63. The smallest absolute Gasteiger partial charge is 0.327 e. The minimum Gasteiger partial charge on any atom is -0.454 e. The van der Waals surface area contributed by atoms with Gasteiger partial charge in [0, 0.05) is 30.4 Å². The topological polar surface area (TPSA) is 95.6 Å². The van der Waals surface area contributed by atoms with Gasteiger partial charge in [0.2, 0.25) is 5.91 Å². The van der Waals surface area contributed by atoms with Crippen LogP contribution < -0.4 is 25.6 Å². The lowest BCUT2D eigenvalue weighted by atomic mass is 9.98. The molecular formula is C27H26FN5O3S. The molecule has 3 N–H and O–H groups in total. The first-order valence-corrected chi connectivity index (χ1v) is 13.2. The van der Waals surface area contributed by atoms with E-state index in [2.05, 4.69) is 20.9 Å². The molecule has 1 saturated heterocycles. The van der Waals surface area contributed by atoms with Crippen LogP contribution in [0.15, 0.2) is 59.8 Å². The number of rotatable bonds is 5. The van der Waals surface area contributed by atoms with E-state index < -0.39 is 23.1 Å². The summed E-state index contributed by atoms with van der Waals surface area (Å²) in [7, 11) is 0. The van der Waals surface area contributed by atoms with Gasteiger partial charge in [-0.15, -0.1) is 0 Å². The number of nitrogens with one attached hydrogen (secondary N) is 3. The van der Waals surface area contributed by atoms with E-state index >= 15 is 4.39 Å². The van der Waals surface area contributed by atoms with Crippen molar-refractivity contribution in [2.75, 3.05) is 18.0 Å². The van der Waals surface area contributed by atoms with Crippen LogP contribution in [0.3, 0.4) is 0 Å². The van der Waals surface area contributed by atoms with Crippen molar-refractivity contribution in [1.29, 1.82) is 0 Å². The molecule has 2 aromatic carbocycles. The highest BCUT2D eigenvalue weighted by Gasteiger charge is 2.47. The van der Waals surface area contributed by atoms with Gasteiger partial charge in [-0.05, 0) is 56.1 Å². The van der Waals surface area contributed by atoms with Crippen molar-refractivity contribution < 1.29 is 18.7 Å². The molecule has 3 atom stereocenters. The van der Waals surface area contributed by atoms with Gasteiger partial charge in [-0.2, -0.15) is 0 Å². The fourth-order valence-electron chi connectivity index (χ4n) is 5.10. The highest BCUT2D eigenvalue weighted by molar-refractivity contribution is 8.01. The largest absolute Gasteiger partial charge is 0.454 e. The number of aromatic nitrogens is 1. The molecule has 3 aliphatic heterocycles. The Bertz CT molecular complexity index is 1370. The number of ether oxygens (including phenoxy) is 1. The number of para-hydroxylation sites is 1. The van der Waals surface area contributed by atoms with Gasteiger partial charge in [0.15, 0.2) is 11.6 Å². The number of pyridine rings is 1. The fraction of sp³-hybridized carbons (Fsp3) is 0.296. The summed E-state index contributed by atoms with van der Waals surface area (Å²) in [5.41, 5.74) is 2.43. The molecule has 0 saturated carbocycles. The third-order valence-electron chi connectivity index (χ3n) is 6.87. The number of carbonyl (C=O) groups excluding carboxylic acids is 2. The summed E-state index contributed by atoms with van der Waals surface area (Å²) in [4.78, 5) is 32.6. The van der Waals surface area contributed by atoms with Crippen LogP contribution >= 0.6 is 11.8 Å². The van der Waals surface area contributed by atoms with Crippen LogP contribution in [-0.2, 0) is 4.79 Å². The van der Waals surface area contributed by atoms with E-state index in [0.29, 0.717) is 27.7 Å². The molecule has 4 heterocycles. The molecule has 1 fully saturated rings. The predicted molar refractivity (Wildman–Crippen MR) is 139 cm³/mol. The van der Waals surface area contributed by atoms with E-state index in [1.165, 1.54) is 22.7 Å². The zero-order valence-electron chi connectivity index (χ0n) is 20.2. The molecular weight excluding hydrogens is 493 g/mol. The summed E-state index contributed by atoms with van der Waals surface area (Å²) in [6.45, 7) is 3.49. The van der Waals surface area contributed by atoms with Gasteiger partial charge in [-0.1, -0.05) is 30.0 Å². The number of thioether (sulfide) groups is 1. The number of piperidine rings is 1. The molecule has 0 spiro atoms. The number of urea groups is 1. The van der Waals surface area contributed by atoms with Crippen LogP contribution in [0, 0.1) is 12.7 Å².